The van der Waals surface area contributed by atoms with Crippen molar-refractivity contribution in [2.45, 2.75) is 19.6 Å². The molecule has 0 saturated heterocycles. The van der Waals surface area contributed by atoms with Gasteiger partial charge >= 0.3 is 0 Å². The van der Waals surface area contributed by atoms with E-state index in [1.54, 1.807) is 10.9 Å². The molecule has 0 aliphatic heterocycles. The van der Waals surface area contributed by atoms with Crippen molar-refractivity contribution in [3.05, 3.63) is 42.0 Å². The minimum Gasteiger partial charge on any atom is -0.353 e. The first-order valence-electron chi connectivity index (χ1n) is 5.69. The van der Waals surface area contributed by atoms with Gasteiger partial charge in [-0.05, 0) is 18.2 Å². The van der Waals surface area contributed by atoms with Crippen LogP contribution >= 0.6 is 12.4 Å². The van der Waals surface area contributed by atoms with Gasteiger partial charge in [-0.2, -0.15) is 5.10 Å². The number of alkyl halides is 1. The van der Waals surface area contributed by atoms with Crippen molar-refractivity contribution < 1.29 is 4.39 Å². The van der Waals surface area contributed by atoms with Crippen molar-refractivity contribution in [3.8, 4) is 0 Å². The Bertz CT molecular complexity index is 466. The molecule has 0 aliphatic carbocycles. The summed E-state index contributed by atoms with van der Waals surface area (Å²) in [7, 11) is 2.02. The van der Waals surface area contributed by atoms with Crippen LogP contribution in [0.25, 0.3) is 0 Å². The predicted molar refractivity (Wildman–Crippen MR) is 71.4 cm³/mol. The number of aromatic nitrogens is 3. The molecule has 0 fully saturated rings. The van der Waals surface area contributed by atoms with Crippen LogP contribution in [-0.4, -0.2) is 21.0 Å². The summed E-state index contributed by atoms with van der Waals surface area (Å²) in [6, 6.07) is 6.00. The molecule has 2 aromatic heterocycles. The largest absolute Gasteiger partial charge is 0.353 e. The number of hydrogen-bond donors (Lipinski definition) is 1. The first kappa shape index (κ1) is 14.7. The molecule has 4 nitrogen and oxygen atoms in total. The number of hydrogen-bond acceptors (Lipinski definition) is 2. The van der Waals surface area contributed by atoms with Crippen LogP contribution in [0.1, 0.15) is 11.4 Å². The summed E-state index contributed by atoms with van der Waals surface area (Å²) in [5.74, 6) is 0. The van der Waals surface area contributed by atoms with Crippen molar-refractivity contribution in [2.24, 2.45) is 7.05 Å². The number of rotatable bonds is 6. The fourth-order valence-corrected chi connectivity index (χ4v) is 1.79. The third kappa shape index (κ3) is 3.58. The van der Waals surface area contributed by atoms with Gasteiger partial charge in [0.05, 0.1) is 12.2 Å². The van der Waals surface area contributed by atoms with E-state index in [9.17, 15) is 4.39 Å². The Balaban J connectivity index is 0.00000162. The molecule has 0 spiro atoms. The van der Waals surface area contributed by atoms with E-state index in [2.05, 4.69) is 21.0 Å². The van der Waals surface area contributed by atoms with E-state index in [1.165, 1.54) is 5.69 Å². The molecule has 0 bridgehead atoms. The topological polar surface area (TPSA) is 34.8 Å². The van der Waals surface area contributed by atoms with E-state index in [4.69, 9.17) is 0 Å². The number of nitrogens with zero attached hydrogens (tertiary/aromatic N) is 3. The number of halogens is 2. The van der Waals surface area contributed by atoms with Gasteiger partial charge in [-0.1, -0.05) is 0 Å². The van der Waals surface area contributed by atoms with E-state index < -0.39 is 0 Å². The highest BCUT2D eigenvalue weighted by Gasteiger charge is 2.02. The van der Waals surface area contributed by atoms with Crippen LogP contribution in [0.15, 0.2) is 30.6 Å². The summed E-state index contributed by atoms with van der Waals surface area (Å²) in [5.41, 5.74) is 2.23. The van der Waals surface area contributed by atoms with Crippen molar-refractivity contribution in [2.75, 3.05) is 6.67 Å². The Morgan fingerprint density at radius 2 is 2.06 bits per heavy atom. The predicted octanol–water partition coefficient (Wildman–Crippen LogP) is 1.90. The second-order valence-electron chi connectivity index (χ2n) is 3.95. The number of aryl methyl sites for hydroxylation is 2. The zero-order valence-electron chi connectivity index (χ0n) is 10.3. The van der Waals surface area contributed by atoms with Gasteiger partial charge in [0.2, 0.25) is 0 Å². The van der Waals surface area contributed by atoms with Crippen molar-refractivity contribution >= 4 is 12.4 Å². The van der Waals surface area contributed by atoms with Crippen LogP contribution < -0.4 is 5.32 Å². The molecule has 0 aromatic carbocycles. The molecule has 18 heavy (non-hydrogen) atoms. The standard InChI is InChI=1S/C12H17FN4.ClH/c1-16-7-2-3-11(16)9-14-10-12-4-6-15-17(12)8-5-13;/h2-4,6-7,14H,5,8-10H2,1H3;1H. The zero-order valence-corrected chi connectivity index (χ0v) is 11.2. The van der Waals surface area contributed by atoms with E-state index in [0.717, 1.165) is 12.2 Å². The summed E-state index contributed by atoms with van der Waals surface area (Å²) >= 11 is 0. The van der Waals surface area contributed by atoms with Crippen molar-refractivity contribution in [1.29, 1.82) is 0 Å². The van der Waals surface area contributed by atoms with Gasteiger partial charge in [0.25, 0.3) is 0 Å². The Labute approximate surface area is 112 Å². The molecule has 0 radical (unpaired) electrons. The van der Waals surface area contributed by atoms with Crippen molar-refractivity contribution in [3.63, 3.8) is 0 Å². The summed E-state index contributed by atoms with van der Waals surface area (Å²) in [4.78, 5) is 0. The second kappa shape index (κ2) is 7.18. The first-order valence-corrected chi connectivity index (χ1v) is 5.69. The second-order valence-corrected chi connectivity index (χ2v) is 3.95. The van der Waals surface area contributed by atoms with Crippen molar-refractivity contribution in [1.82, 2.24) is 19.7 Å². The Morgan fingerprint density at radius 3 is 2.72 bits per heavy atom. The molecule has 1 N–H and O–H groups in total. The Kier molecular flexibility index (Phi) is 5.88. The van der Waals surface area contributed by atoms with Crippen LogP contribution in [0, 0.1) is 0 Å². The van der Waals surface area contributed by atoms with Gasteiger partial charge in [-0.15, -0.1) is 12.4 Å². The fourth-order valence-electron chi connectivity index (χ4n) is 1.79. The maximum atomic E-state index is 12.3. The monoisotopic (exact) mass is 272 g/mol. The van der Waals surface area contributed by atoms with Gasteiger partial charge in [-0.3, -0.25) is 4.68 Å². The van der Waals surface area contributed by atoms with Gasteiger partial charge in [-0.25, -0.2) is 4.39 Å². The zero-order chi connectivity index (χ0) is 12.1. The quantitative estimate of drug-likeness (QED) is 0.872. The molecule has 0 saturated carbocycles. The molecule has 0 atom stereocenters. The lowest BCUT2D eigenvalue weighted by Crippen LogP contribution is -2.18. The van der Waals surface area contributed by atoms with Crippen LogP contribution in [0.3, 0.4) is 0 Å². The molecule has 0 amide bonds. The highest BCUT2D eigenvalue weighted by atomic mass is 35.5. The SMILES string of the molecule is Cl.Cn1cccc1CNCc1ccnn1CCF. The first-order chi connectivity index (χ1) is 8.31. The van der Waals surface area contributed by atoms with E-state index in [-0.39, 0.29) is 19.1 Å². The van der Waals surface area contributed by atoms with Gasteiger partial charge in [0.1, 0.15) is 6.67 Å². The summed E-state index contributed by atoms with van der Waals surface area (Å²) < 4.78 is 16.0. The molecule has 6 heteroatoms. The van der Waals surface area contributed by atoms with Crippen LogP contribution in [-0.2, 0) is 26.7 Å². The third-order valence-corrected chi connectivity index (χ3v) is 2.76. The number of nitrogens with one attached hydrogen (secondary N) is 1. The van der Waals surface area contributed by atoms with Crippen LogP contribution in [0.2, 0.25) is 0 Å². The fraction of sp³-hybridized carbons (Fsp3) is 0.417. The molecule has 2 rings (SSSR count). The lowest BCUT2D eigenvalue weighted by molar-refractivity contribution is 0.416. The average Bonchev–Trinajstić information content (AvgIpc) is 2.90. The lowest BCUT2D eigenvalue weighted by Gasteiger charge is -2.08. The summed E-state index contributed by atoms with van der Waals surface area (Å²) in [5, 5.41) is 7.40. The molecule has 0 aliphatic rings. The molecule has 2 aromatic rings. The minimum atomic E-state index is -0.382. The van der Waals surface area contributed by atoms with Gasteiger partial charge in [0.15, 0.2) is 0 Å². The smallest absolute Gasteiger partial charge is 0.109 e. The maximum Gasteiger partial charge on any atom is 0.109 e. The maximum absolute atomic E-state index is 12.3. The minimum absolute atomic E-state index is 0. The summed E-state index contributed by atoms with van der Waals surface area (Å²) in [6.07, 6.45) is 3.72. The highest BCUT2D eigenvalue weighted by molar-refractivity contribution is 5.85. The normalized spacial score (nSPS) is 10.3. The Hall–Kier alpha value is -1.33. The van der Waals surface area contributed by atoms with Crippen LogP contribution in [0.5, 0.6) is 0 Å². The molecular formula is C12H18ClFN4. The average molecular weight is 273 g/mol. The summed E-state index contributed by atoms with van der Waals surface area (Å²) in [6.45, 7) is 1.44. The highest BCUT2D eigenvalue weighted by Crippen LogP contribution is 2.02. The van der Waals surface area contributed by atoms with Gasteiger partial charge in [0, 0.05) is 38.2 Å². The molecule has 2 heterocycles. The van der Waals surface area contributed by atoms with Crippen LogP contribution in [0.4, 0.5) is 4.39 Å². The van der Waals surface area contributed by atoms with Gasteiger partial charge < -0.3 is 9.88 Å². The van der Waals surface area contributed by atoms with E-state index in [1.807, 2.05) is 25.4 Å². The Morgan fingerprint density at radius 1 is 1.28 bits per heavy atom. The van der Waals surface area contributed by atoms with E-state index in [0.29, 0.717) is 13.1 Å². The van der Waals surface area contributed by atoms with E-state index >= 15 is 0 Å². The molecule has 0 unspecified atom stereocenters. The lowest BCUT2D eigenvalue weighted by atomic mass is 10.4. The molecular weight excluding hydrogens is 255 g/mol. The third-order valence-electron chi connectivity index (χ3n) is 2.76. The molecule has 100 valence electrons.